The van der Waals surface area contributed by atoms with Crippen molar-refractivity contribution in [3.05, 3.63) is 115 Å². The van der Waals surface area contributed by atoms with Gasteiger partial charge in [0.15, 0.2) is 0 Å². The van der Waals surface area contributed by atoms with Crippen molar-refractivity contribution in [2.24, 2.45) is 0 Å². The minimum atomic E-state index is -0.207. The maximum absolute atomic E-state index is 12.9. The summed E-state index contributed by atoms with van der Waals surface area (Å²) >= 11 is 0. The molecule has 0 radical (unpaired) electrons. The van der Waals surface area contributed by atoms with Gasteiger partial charge < -0.3 is 20.4 Å². The van der Waals surface area contributed by atoms with E-state index in [0.29, 0.717) is 35.1 Å². The van der Waals surface area contributed by atoms with Crippen molar-refractivity contribution in [3.8, 4) is 23.0 Å². The Morgan fingerprint density at radius 1 is 0.333 bits per heavy atom. The Morgan fingerprint density at radius 3 is 0.627 bits per heavy atom. The molecule has 0 aliphatic carbocycles. The van der Waals surface area contributed by atoms with Gasteiger partial charge in [0.1, 0.15) is 0 Å². The molecule has 0 unspecified atom stereocenters. The van der Waals surface area contributed by atoms with Gasteiger partial charge in [-0.25, -0.2) is 0 Å². The smallest absolute Gasteiger partial charge is 0.872 e. The molecule has 0 saturated heterocycles. The van der Waals surface area contributed by atoms with Gasteiger partial charge >= 0.3 is 31.1 Å². The van der Waals surface area contributed by atoms with Gasteiger partial charge in [0.25, 0.3) is 0 Å². The summed E-state index contributed by atoms with van der Waals surface area (Å²) in [6.07, 6.45) is 0.792. The van der Waals surface area contributed by atoms with Gasteiger partial charge in [-0.3, -0.25) is 0 Å². The molecule has 5 heteroatoms. The SMILES string of the molecule is Cc1cc(Cc2cc(C)cc(C(C)(C)C)c2[O-])c([O-])c(C(C)(C)C)c1.Cc1cc(Cc2cc(C)cc(C(C)(C)C)c2[O-])c([O-])c(C(C)(C)C)c1.[U+4]. The molecule has 0 aliphatic heterocycles. The summed E-state index contributed by atoms with van der Waals surface area (Å²) in [7, 11) is 0. The van der Waals surface area contributed by atoms with Gasteiger partial charge in [-0.15, -0.1) is 23.0 Å². The average Bonchev–Trinajstić information content (AvgIpc) is 2.93. The molecule has 0 atom stereocenters. The first-order chi connectivity index (χ1) is 22.6. The molecule has 0 aliphatic rings. The number of hydrogen-bond acceptors (Lipinski definition) is 4. The molecule has 0 heterocycles. The Bertz CT molecular complexity index is 1580. The zero-order valence-electron chi connectivity index (χ0n) is 34.2. The zero-order valence-corrected chi connectivity index (χ0v) is 38.3. The third-order valence-electron chi connectivity index (χ3n) is 9.23. The quantitative estimate of drug-likeness (QED) is 0.204. The third kappa shape index (κ3) is 11.1. The molecule has 272 valence electrons. The van der Waals surface area contributed by atoms with Crippen LogP contribution in [-0.4, -0.2) is 0 Å². The predicted octanol–water partition coefficient (Wildman–Crippen LogP) is 9.27. The Balaban J connectivity index is 0.000000347. The van der Waals surface area contributed by atoms with E-state index < -0.39 is 0 Å². The zero-order chi connectivity index (χ0) is 38.3. The molecule has 4 aromatic carbocycles. The van der Waals surface area contributed by atoms with Crippen molar-refractivity contribution < 1.29 is 51.5 Å². The fourth-order valence-corrected chi connectivity index (χ4v) is 6.56. The van der Waals surface area contributed by atoms with Gasteiger partial charge in [0.2, 0.25) is 0 Å². The van der Waals surface area contributed by atoms with Crippen LogP contribution in [0.15, 0.2) is 48.5 Å². The van der Waals surface area contributed by atoms with Crippen molar-refractivity contribution in [1.82, 2.24) is 0 Å². The van der Waals surface area contributed by atoms with E-state index in [-0.39, 0.29) is 75.8 Å². The van der Waals surface area contributed by atoms with Crippen LogP contribution in [-0.2, 0) is 34.5 Å². The first-order valence-corrected chi connectivity index (χ1v) is 17.8. The Kier molecular flexibility index (Phi) is 13.9. The fraction of sp³-hybridized carbons (Fsp3) is 0.478. The Hall–Kier alpha value is -2.87. The molecule has 4 aromatic rings. The summed E-state index contributed by atoms with van der Waals surface area (Å²) in [5, 5.41) is 51.8. The van der Waals surface area contributed by atoms with Gasteiger partial charge in [-0.2, -0.15) is 0 Å². The van der Waals surface area contributed by atoms with Crippen LogP contribution < -0.4 is 20.4 Å². The summed E-state index contributed by atoms with van der Waals surface area (Å²) in [4.78, 5) is 0. The van der Waals surface area contributed by atoms with E-state index in [2.05, 4.69) is 83.1 Å². The van der Waals surface area contributed by atoms with Crippen molar-refractivity contribution in [3.63, 3.8) is 0 Å². The Labute approximate surface area is 333 Å². The maximum Gasteiger partial charge on any atom is 4.00 e. The first-order valence-electron chi connectivity index (χ1n) is 17.8. The second-order valence-electron chi connectivity index (χ2n) is 18.6. The number of hydrogen-bond donors (Lipinski definition) is 0. The van der Waals surface area contributed by atoms with Gasteiger partial charge in [-0.05, 0) is 84.5 Å². The van der Waals surface area contributed by atoms with Crippen molar-refractivity contribution >= 4 is 0 Å². The van der Waals surface area contributed by atoms with E-state index in [0.717, 1.165) is 44.5 Å². The van der Waals surface area contributed by atoms with E-state index in [1.54, 1.807) is 0 Å². The summed E-state index contributed by atoms with van der Waals surface area (Å²) in [6, 6.07) is 15.6. The molecule has 4 nitrogen and oxygen atoms in total. The van der Waals surface area contributed by atoms with Crippen LogP contribution >= 0.6 is 0 Å². The largest absolute Gasteiger partial charge is 4.00 e. The average molecular weight is 915 g/mol. The summed E-state index contributed by atoms with van der Waals surface area (Å²) in [5.41, 5.74) is 9.57. The molecule has 0 spiro atoms. The second-order valence-corrected chi connectivity index (χ2v) is 18.6. The van der Waals surface area contributed by atoms with Gasteiger partial charge in [0, 0.05) is 0 Å². The fourth-order valence-electron chi connectivity index (χ4n) is 6.56. The van der Waals surface area contributed by atoms with Crippen LogP contribution in [0.3, 0.4) is 0 Å². The number of rotatable bonds is 4. The van der Waals surface area contributed by atoms with Crippen molar-refractivity contribution in [2.75, 3.05) is 0 Å². The van der Waals surface area contributed by atoms with Crippen LogP contribution in [0.4, 0.5) is 0 Å². The molecule has 0 N–H and O–H groups in total. The Morgan fingerprint density at radius 2 is 0.490 bits per heavy atom. The van der Waals surface area contributed by atoms with Crippen molar-refractivity contribution in [1.29, 1.82) is 0 Å². The molecule has 0 bridgehead atoms. The van der Waals surface area contributed by atoms with E-state index in [1.165, 1.54) is 0 Å². The summed E-state index contributed by atoms with van der Waals surface area (Å²) in [5.74, 6) is 0.264. The van der Waals surface area contributed by atoms with Crippen molar-refractivity contribution in [2.45, 2.75) is 145 Å². The summed E-state index contributed by atoms with van der Waals surface area (Å²) in [6.45, 7) is 32.7. The first kappa shape index (κ1) is 44.3. The van der Waals surface area contributed by atoms with Crippen LogP contribution in [0, 0.1) is 58.8 Å². The molecule has 51 heavy (non-hydrogen) atoms. The molecule has 0 aromatic heterocycles. The second kappa shape index (κ2) is 16.0. The molecular formula is C46H60O4U. The normalized spacial score (nSPS) is 12.2. The molecular weight excluding hydrogens is 855 g/mol. The van der Waals surface area contributed by atoms with Crippen LogP contribution in [0.2, 0.25) is 0 Å². The van der Waals surface area contributed by atoms with E-state index in [1.807, 2.05) is 76.2 Å². The molecule has 0 fully saturated rings. The van der Waals surface area contributed by atoms with E-state index >= 15 is 0 Å². The third-order valence-corrected chi connectivity index (χ3v) is 9.23. The summed E-state index contributed by atoms with van der Waals surface area (Å²) < 4.78 is 0. The topological polar surface area (TPSA) is 92.2 Å². The monoisotopic (exact) mass is 914 g/mol. The van der Waals surface area contributed by atoms with Crippen LogP contribution in [0.5, 0.6) is 23.0 Å². The minimum Gasteiger partial charge on any atom is -0.872 e. The maximum atomic E-state index is 12.9. The number of aryl methyl sites for hydroxylation is 4. The van der Waals surface area contributed by atoms with Gasteiger partial charge in [0.05, 0.1) is 0 Å². The van der Waals surface area contributed by atoms with Crippen LogP contribution in [0.25, 0.3) is 0 Å². The van der Waals surface area contributed by atoms with Gasteiger partial charge in [-0.1, -0.05) is 176 Å². The standard InChI is InChI=1S/2C23H32O2.U/c2*1-14-9-16(20(24)18(11-14)22(3,4)5)13-17-10-15(2)12-19(21(17)25)23(6,7)8;/h2*9-12,24-25H,13H2,1-8H3;/q;;+4/p-4. The molecule has 4 rings (SSSR count). The van der Waals surface area contributed by atoms with E-state index in [9.17, 15) is 20.4 Å². The molecule has 0 saturated carbocycles. The minimum absolute atomic E-state index is 0. The van der Waals surface area contributed by atoms with E-state index in [4.69, 9.17) is 0 Å². The molecule has 0 amide bonds. The predicted molar refractivity (Wildman–Crippen MR) is 203 cm³/mol. The number of benzene rings is 4. The van der Waals surface area contributed by atoms with Crippen LogP contribution in [0.1, 0.15) is 150 Å².